The van der Waals surface area contributed by atoms with Crippen molar-refractivity contribution in [1.29, 1.82) is 0 Å². The summed E-state index contributed by atoms with van der Waals surface area (Å²) in [5, 5.41) is 4.08. The summed E-state index contributed by atoms with van der Waals surface area (Å²) in [6.07, 6.45) is 3.85. The van der Waals surface area contributed by atoms with Crippen molar-refractivity contribution in [3.05, 3.63) is 47.5 Å². The highest BCUT2D eigenvalue weighted by Gasteiger charge is 2.33. The third-order valence-electron chi connectivity index (χ3n) is 5.46. The van der Waals surface area contributed by atoms with Crippen LogP contribution in [-0.4, -0.2) is 62.1 Å². The second-order valence-electron chi connectivity index (χ2n) is 7.40. The van der Waals surface area contributed by atoms with Crippen molar-refractivity contribution in [3.8, 4) is 0 Å². The highest BCUT2D eigenvalue weighted by Crippen LogP contribution is 2.40. The number of aryl methyl sites for hydroxylation is 1. The molecule has 2 amide bonds. The van der Waals surface area contributed by atoms with Crippen LogP contribution in [-0.2, 0) is 6.54 Å². The highest BCUT2D eigenvalue weighted by molar-refractivity contribution is 5.95. The van der Waals surface area contributed by atoms with Crippen molar-refractivity contribution in [1.82, 2.24) is 24.6 Å². The van der Waals surface area contributed by atoms with Crippen LogP contribution in [0.5, 0.6) is 0 Å². The third kappa shape index (κ3) is 3.46. The Hall–Kier alpha value is -2.70. The molecular formula is C20H25N5O2. The van der Waals surface area contributed by atoms with E-state index < -0.39 is 0 Å². The SMILES string of the molecule is CCn1ncnc1C(=O)N1CCN(C(=O)c2cccc(C3CC3)c2)C[C@@H]1C. The van der Waals surface area contributed by atoms with Crippen LogP contribution >= 0.6 is 0 Å². The molecule has 1 aliphatic heterocycles. The molecule has 2 aliphatic rings. The molecule has 142 valence electrons. The monoisotopic (exact) mass is 367 g/mol. The zero-order valence-electron chi connectivity index (χ0n) is 15.8. The van der Waals surface area contributed by atoms with Gasteiger partial charge in [0.25, 0.3) is 11.8 Å². The Morgan fingerprint density at radius 1 is 1.19 bits per heavy atom. The molecule has 2 aromatic rings. The van der Waals surface area contributed by atoms with Gasteiger partial charge < -0.3 is 9.80 Å². The number of nitrogens with zero attached hydrogens (tertiary/aromatic N) is 5. The summed E-state index contributed by atoms with van der Waals surface area (Å²) < 4.78 is 1.61. The molecule has 0 radical (unpaired) electrons. The average Bonchev–Trinajstić information content (AvgIpc) is 3.44. The fourth-order valence-electron chi connectivity index (χ4n) is 3.76. The smallest absolute Gasteiger partial charge is 0.291 e. The molecule has 0 bridgehead atoms. The first-order chi connectivity index (χ1) is 13.1. The van der Waals surface area contributed by atoms with Gasteiger partial charge >= 0.3 is 0 Å². The Morgan fingerprint density at radius 2 is 2.00 bits per heavy atom. The maximum Gasteiger partial charge on any atom is 0.291 e. The van der Waals surface area contributed by atoms with Crippen molar-refractivity contribution in [2.75, 3.05) is 19.6 Å². The minimum Gasteiger partial charge on any atom is -0.335 e. The topological polar surface area (TPSA) is 71.3 Å². The first kappa shape index (κ1) is 17.7. The molecule has 27 heavy (non-hydrogen) atoms. The van der Waals surface area contributed by atoms with Crippen LogP contribution in [0, 0.1) is 0 Å². The number of carbonyl (C=O) groups excluding carboxylic acids is 2. The summed E-state index contributed by atoms with van der Waals surface area (Å²) in [6, 6.07) is 7.94. The van der Waals surface area contributed by atoms with Gasteiger partial charge in [0, 0.05) is 37.8 Å². The number of amides is 2. The first-order valence-electron chi connectivity index (χ1n) is 9.66. The predicted octanol–water partition coefficient (Wildman–Crippen LogP) is 2.16. The molecule has 7 nitrogen and oxygen atoms in total. The minimum absolute atomic E-state index is 0.0492. The van der Waals surface area contributed by atoms with Crippen LogP contribution in [0.3, 0.4) is 0 Å². The van der Waals surface area contributed by atoms with E-state index in [0.717, 1.165) is 5.56 Å². The second kappa shape index (κ2) is 7.13. The van der Waals surface area contributed by atoms with Gasteiger partial charge in [-0.15, -0.1) is 0 Å². The lowest BCUT2D eigenvalue weighted by atomic mass is 10.1. The van der Waals surface area contributed by atoms with Gasteiger partial charge in [-0.1, -0.05) is 12.1 Å². The lowest BCUT2D eigenvalue weighted by Gasteiger charge is -2.39. The lowest BCUT2D eigenvalue weighted by molar-refractivity contribution is 0.0403. The van der Waals surface area contributed by atoms with E-state index in [1.165, 1.54) is 24.7 Å². The van der Waals surface area contributed by atoms with Crippen LogP contribution in [0.1, 0.15) is 59.1 Å². The molecule has 2 fully saturated rings. The zero-order chi connectivity index (χ0) is 19.0. The van der Waals surface area contributed by atoms with E-state index >= 15 is 0 Å². The van der Waals surface area contributed by atoms with E-state index in [1.807, 2.05) is 36.9 Å². The Balaban J connectivity index is 1.44. The van der Waals surface area contributed by atoms with Crippen molar-refractivity contribution in [2.24, 2.45) is 0 Å². The van der Waals surface area contributed by atoms with Crippen molar-refractivity contribution >= 4 is 11.8 Å². The van der Waals surface area contributed by atoms with E-state index in [9.17, 15) is 9.59 Å². The first-order valence-corrected chi connectivity index (χ1v) is 9.66. The van der Waals surface area contributed by atoms with E-state index in [0.29, 0.717) is 37.9 Å². The van der Waals surface area contributed by atoms with Gasteiger partial charge in [-0.25, -0.2) is 9.67 Å². The molecule has 1 atom stereocenters. The average molecular weight is 367 g/mol. The van der Waals surface area contributed by atoms with Gasteiger partial charge in [0.05, 0.1) is 0 Å². The molecule has 7 heteroatoms. The quantitative estimate of drug-likeness (QED) is 0.830. The summed E-state index contributed by atoms with van der Waals surface area (Å²) in [6.45, 7) is 6.07. The van der Waals surface area contributed by atoms with Crippen LogP contribution in [0.25, 0.3) is 0 Å². The minimum atomic E-state index is -0.121. The summed E-state index contributed by atoms with van der Waals surface area (Å²) >= 11 is 0. The number of carbonyl (C=O) groups is 2. The van der Waals surface area contributed by atoms with Crippen molar-refractivity contribution < 1.29 is 9.59 Å². The Morgan fingerprint density at radius 3 is 2.70 bits per heavy atom. The number of aromatic nitrogens is 3. The fourth-order valence-corrected chi connectivity index (χ4v) is 3.76. The zero-order valence-corrected chi connectivity index (χ0v) is 15.8. The van der Waals surface area contributed by atoms with Crippen LogP contribution in [0.4, 0.5) is 0 Å². The van der Waals surface area contributed by atoms with Gasteiger partial charge in [-0.2, -0.15) is 5.10 Å². The molecule has 0 unspecified atom stereocenters. The maximum absolute atomic E-state index is 12.9. The van der Waals surface area contributed by atoms with Crippen LogP contribution in [0.2, 0.25) is 0 Å². The van der Waals surface area contributed by atoms with Gasteiger partial charge in [0.15, 0.2) is 0 Å². The highest BCUT2D eigenvalue weighted by atomic mass is 16.2. The van der Waals surface area contributed by atoms with Crippen LogP contribution < -0.4 is 0 Å². The van der Waals surface area contributed by atoms with Crippen molar-refractivity contribution in [2.45, 2.75) is 45.2 Å². The Labute approximate surface area is 159 Å². The summed E-state index contributed by atoms with van der Waals surface area (Å²) in [5.41, 5.74) is 2.01. The molecule has 1 saturated heterocycles. The lowest BCUT2D eigenvalue weighted by Crippen LogP contribution is -2.55. The molecule has 1 aromatic carbocycles. The molecule has 4 rings (SSSR count). The number of piperazine rings is 1. The number of benzene rings is 1. The van der Waals surface area contributed by atoms with E-state index in [2.05, 4.69) is 16.1 Å². The second-order valence-corrected chi connectivity index (χ2v) is 7.40. The molecule has 1 aromatic heterocycles. The van der Waals surface area contributed by atoms with Crippen molar-refractivity contribution in [3.63, 3.8) is 0 Å². The largest absolute Gasteiger partial charge is 0.335 e. The van der Waals surface area contributed by atoms with Gasteiger partial charge in [0.1, 0.15) is 6.33 Å². The summed E-state index contributed by atoms with van der Waals surface area (Å²) in [4.78, 5) is 33.5. The number of hydrogen-bond donors (Lipinski definition) is 0. The van der Waals surface area contributed by atoms with Gasteiger partial charge in [-0.05, 0) is 50.3 Å². The Kier molecular flexibility index (Phi) is 4.68. The third-order valence-corrected chi connectivity index (χ3v) is 5.46. The normalized spacial score (nSPS) is 20.0. The molecule has 1 saturated carbocycles. The van der Waals surface area contributed by atoms with Gasteiger partial charge in [-0.3, -0.25) is 9.59 Å². The number of rotatable bonds is 4. The maximum atomic E-state index is 12.9. The Bertz CT molecular complexity index is 858. The number of hydrogen-bond acceptors (Lipinski definition) is 4. The molecular weight excluding hydrogens is 342 g/mol. The molecule has 0 N–H and O–H groups in total. The van der Waals surface area contributed by atoms with E-state index in [-0.39, 0.29) is 17.9 Å². The molecule has 1 aliphatic carbocycles. The fraction of sp³-hybridized carbons (Fsp3) is 0.500. The molecule has 0 spiro atoms. The predicted molar refractivity (Wildman–Crippen MR) is 101 cm³/mol. The van der Waals surface area contributed by atoms with E-state index in [1.54, 1.807) is 9.58 Å². The van der Waals surface area contributed by atoms with Gasteiger partial charge in [0.2, 0.25) is 5.82 Å². The van der Waals surface area contributed by atoms with Crippen LogP contribution in [0.15, 0.2) is 30.6 Å². The summed E-state index contributed by atoms with van der Waals surface area (Å²) in [7, 11) is 0. The molecule has 2 heterocycles. The summed E-state index contributed by atoms with van der Waals surface area (Å²) in [5.74, 6) is 0.918. The standard InChI is InChI=1S/C20H25N5O2/c1-3-25-18(21-13-22-25)20(27)24-10-9-23(12-14(24)2)19(26)17-6-4-5-16(11-17)15-7-8-15/h4-6,11,13-15H,3,7-10,12H2,1-2H3/t14-/m0/s1. The van der Waals surface area contributed by atoms with E-state index in [4.69, 9.17) is 0 Å².